The van der Waals surface area contributed by atoms with Crippen LogP contribution in [-0.4, -0.2) is 7.11 Å². The molecule has 0 aliphatic rings. The van der Waals surface area contributed by atoms with Gasteiger partial charge < -0.3 is 4.74 Å². The first-order valence-corrected chi connectivity index (χ1v) is 7.72. The number of halogens is 1. The lowest BCUT2D eigenvalue weighted by Gasteiger charge is -2.07. The zero-order chi connectivity index (χ0) is 13.0. The van der Waals surface area contributed by atoms with Gasteiger partial charge >= 0.3 is 0 Å². The Morgan fingerprint density at radius 3 is 2.39 bits per heavy atom. The normalized spacial score (nSPS) is 10.4. The van der Waals surface area contributed by atoms with Crippen molar-refractivity contribution < 1.29 is 4.74 Å². The SMILES string of the molecule is CCc1ccc(Sc2ccc(OC)cc2)c(I)c1. The van der Waals surface area contributed by atoms with Crippen LogP contribution >= 0.6 is 34.4 Å². The van der Waals surface area contributed by atoms with E-state index in [2.05, 4.69) is 59.8 Å². The predicted molar refractivity (Wildman–Crippen MR) is 85.7 cm³/mol. The molecule has 0 spiro atoms. The molecule has 0 aromatic heterocycles. The van der Waals surface area contributed by atoms with Crippen LogP contribution in [0.15, 0.2) is 52.3 Å². The van der Waals surface area contributed by atoms with Gasteiger partial charge in [-0.15, -0.1) is 0 Å². The Hall–Kier alpha value is -0.680. The van der Waals surface area contributed by atoms with E-state index in [4.69, 9.17) is 4.74 Å². The molecular formula is C15H15IOS. The number of ether oxygens (including phenoxy) is 1. The molecule has 0 N–H and O–H groups in total. The summed E-state index contributed by atoms with van der Waals surface area (Å²) in [7, 11) is 1.69. The molecule has 0 unspecified atom stereocenters. The van der Waals surface area contributed by atoms with Crippen LogP contribution in [0.1, 0.15) is 12.5 Å². The molecule has 0 bridgehead atoms. The lowest BCUT2D eigenvalue weighted by molar-refractivity contribution is 0.414. The summed E-state index contributed by atoms with van der Waals surface area (Å²) < 4.78 is 6.48. The molecule has 0 aliphatic heterocycles. The Morgan fingerprint density at radius 2 is 1.83 bits per heavy atom. The minimum absolute atomic E-state index is 0.898. The quantitative estimate of drug-likeness (QED) is 0.700. The third-order valence-corrected chi connectivity index (χ3v) is 5.03. The van der Waals surface area contributed by atoms with Crippen molar-refractivity contribution in [2.75, 3.05) is 7.11 Å². The van der Waals surface area contributed by atoms with E-state index in [0.29, 0.717) is 0 Å². The molecule has 2 rings (SSSR count). The van der Waals surface area contributed by atoms with Gasteiger partial charge in [-0.2, -0.15) is 0 Å². The maximum absolute atomic E-state index is 5.16. The van der Waals surface area contributed by atoms with E-state index in [1.165, 1.54) is 18.9 Å². The maximum atomic E-state index is 5.16. The van der Waals surface area contributed by atoms with Gasteiger partial charge in [0.25, 0.3) is 0 Å². The molecule has 3 heteroatoms. The van der Waals surface area contributed by atoms with Gasteiger partial charge in [0, 0.05) is 13.4 Å². The van der Waals surface area contributed by atoms with E-state index in [0.717, 1.165) is 12.2 Å². The Kier molecular flexibility index (Phi) is 4.95. The highest BCUT2D eigenvalue weighted by Crippen LogP contribution is 2.32. The van der Waals surface area contributed by atoms with Gasteiger partial charge in [0.05, 0.1) is 7.11 Å². The van der Waals surface area contributed by atoms with Crippen LogP contribution in [0.2, 0.25) is 0 Å². The van der Waals surface area contributed by atoms with Gasteiger partial charge in [-0.05, 0) is 71.0 Å². The standard InChI is InChI=1S/C15H15IOS/c1-3-11-4-9-15(14(16)10-11)18-13-7-5-12(17-2)6-8-13/h4-10H,3H2,1-2H3. The van der Waals surface area contributed by atoms with Crippen LogP contribution < -0.4 is 4.74 Å². The van der Waals surface area contributed by atoms with Crippen LogP contribution in [0.3, 0.4) is 0 Å². The van der Waals surface area contributed by atoms with Crippen LogP contribution in [-0.2, 0) is 6.42 Å². The van der Waals surface area contributed by atoms with Crippen molar-refractivity contribution >= 4 is 34.4 Å². The number of rotatable bonds is 4. The van der Waals surface area contributed by atoms with Gasteiger partial charge in [-0.25, -0.2) is 0 Å². The van der Waals surface area contributed by atoms with E-state index in [1.54, 1.807) is 18.9 Å². The number of aryl methyl sites for hydroxylation is 1. The molecule has 2 aromatic rings. The van der Waals surface area contributed by atoms with Crippen molar-refractivity contribution in [2.24, 2.45) is 0 Å². The van der Waals surface area contributed by atoms with Crippen molar-refractivity contribution in [3.05, 3.63) is 51.6 Å². The summed E-state index contributed by atoms with van der Waals surface area (Å²) in [5.41, 5.74) is 1.39. The molecule has 0 aliphatic carbocycles. The van der Waals surface area contributed by atoms with Crippen molar-refractivity contribution in [1.82, 2.24) is 0 Å². The summed E-state index contributed by atoms with van der Waals surface area (Å²) in [6.07, 6.45) is 1.09. The number of methoxy groups -OCH3 is 1. The van der Waals surface area contributed by atoms with Crippen molar-refractivity contribution in [3.63, 3.8) is 0 Å². The average molecular weight is 370 g/mol. The molecule has 0 amide bonds. The first-order chi connectivity index (χ1) is 8.72. The zero-order valence-electron chi connectivity index (χ0n) is 10.4. The van der Waals surface area contributed by atoms with E-state index >= 15 is 0 Å². The Bertz CT molecular complexity index is 523. The van der Waals surface area contributed by atoms with Crippen molar-refractivity contribution in [1.29, 1.82) is 0 Å². The molecule has 0 atom stereocenters. The fourth-order valence-electron chi connectivity index (χ4n) is 1.62. The highest BCUT2D eigenvalue weighted by Gasteiger charge is 2.03. The number of hydrogen-bond donors (Lipinski definition) is 0. The first-order valence-electron chi connectivity index (χ1n) is 5.83. The molecule has 94 valence electrons. The summed E-state index contributed by atoms with van der Waals surface area (Å²) in [5.74, 6) is 0.898. The van der Waals surface area contributed by atoms with E-state index in [-0.39, 0.29) is 0 Å². The molecule has 0 radical (unpaired) electrons. The molecule has 0 saturated heterocycles. The Balaban J connectivity index is 2.17. The fraction of sp³-hybridized carbons (Fsp3) is 0.200. The Morgan fingerprint density at radius 1 is 1.11 bits per heavy atom. The topological polar surface area (TPSA) is 9.23 Å². The minimum atomic E-state index is 0.898. The molecular weight excluding hydrogens is 355 g/mol. The lowest BCUT2D eigenvalue weighted by Crippen LogP contribution is -1.85. The third kappa shape index (κ3) is 3.42. The molecule has 0 saturated carbocycles. The molecule has 0 heterocycles. The van der Waals surface area contributed by atoms with Gasteiger partial charge in [-0.1, -0.05) is 24.8 Å². The summed E-state index contributed by atoms with van der Waals surface area (Å²) in [6, 6.07) is 14.8. The first kappa shape index (κ1) is 13.7. The second kappa shape index (κ2) is 6.48. The number of hydrogen-bond acceptors (Lipinski definition) is 2. The highest BCUT2D eigenvalue weighted by atomic mass is 127. The fourth-order valence-corrected chi connectivity index (χ4v) is 3.35. The Labute approximate surface area is 126 Å². The second-order valence-corrected chi connectivity index (χ2v) is 6.17. The number of benzene rings is 2. The molecule has 1 nitrogen and oxygen atoms in total. The lowest BCUT2D eigenvalue weighted by atomic mass is 10.2. The second-order valence-electron chi connectivity index (χ2n) is 3.90. The molecule has 18 heavy (non-hydrogen) atoms. The molecule has 0 fully saturated rings. The van der Waals surface area contributed by atoms with E-state index in [9.17, 15) is 0 Å². The minimum Gasteiger partial charge on any atom is -0.497 e. The highest BCUT2D eigenvalue weighted by molar-refractivity contribution is 14.1. The van der Waals surface area contributed by atoms with Gasteiger partial charge in [0.1, 0.15) is 5.75 Å². The van der Waals surface area contributed by atoms with Gasteiger partial charge in [0.15, 0.2) is 0 Å². The predicted octanol–water partition coefficient (Wildman–Crippen LogP) is 5.01. The maximum Gasteiger partial charge on any atom is 0.118 e. The summed E-state index contributed by atoms with van der Waals surface area (Å²) in [4.78, 5) is 2.54. The molecule has 2 aromatic carbocycles. The average Bonchev–Trinajstić information content (AvgIpc) is 2.42. The van der Waals surface area contributed by atoms with E-state index in [1.807, 2.05) is 12.1 Å². The van der Waals surface area contributed by atoms with Gasteiger partial charge in [0.2, 0.25) is 0 Å². The van der Waals surface area contributed by atoms with Crippen molar-refractivity contribution in [3.8, 4) is 5.75 Å². The summed E-state index contributed by atoms with van der Waals surface area (Å²) in [6.45, 7) is 2.18. The summed E-state index contributed by atoms with van der Waals surface area (Å²) >= 11 is 4.19. The van der Waals surface area contributed by atoms with Crippen LogP contribution in [0.4, 0.5) is 0 Å². The monoisotopic (exact) mass is 370 g/mol. The van der Waals surface area contributed by atoms with Crippen LogP contribution in [0.5, 0.6) is 5.75 Å². The van der Waals surface area contributed by atoms with Crippen molar-refractivity contribution in [2.45, 2.75) is 23.1 Å². The van der Waals surface area contributed by atoms with Crippen LogP contribution in [0.25, 0.3) is 0 Å². The third-order valence-electron chi connectivity index (χ3n) is 2.69. The zero-order valence-corrected chi connectivity index (χ0v) is 13.4. The largest absolute Gasteiger partial charge is 0.497 e. The smallest absolute Gasteiger partial charge is 0.118 e. The summed E-state index contributed by atoms with van der Waals surface area (Å²) in [5, 5.41) is 0. The van der Waals surface area contributed by atoms with Crippen LogP contribution in [0, 0.1) is 3.57 Å². The van der Waals surface area contributed by atoms with E-state index < -0.39 is 0 Å². The van der Waals surface area contributed by atoms with Gasteiger partial charge in [-0.3, -0.25) is 0 Å².